The Balaban J connectivity index is 1.82. The molecule has 0 radical (unpaired) electrons. The third-order valence-electron chi connectivity index (χ3n) is 3.45. The van der Waals surface area contributed by atoms with Crippen LogP contribution in [-0.2, 0) is 9.59 Å². The normalized spacial score (nSPS) is 12.2. The quantitative estimate of drug-likeness (QED) is 0.394. The SMILES string of the molecule is CC(=O)Nc1ccccc1OC(=O)C(C#N)=Cc1ccc2c(c1)OCO2. The molecule has 1 aliphatic heterocycles. The fourth-order valence-electron chi connectivity index (χ4n) is 2.31. The number of benzene rings is 2. The fourth-order valence-corrected chi connectivity index (χ4v) is 2.31. The number of ether oxygens (including phenoxy) is 3. The summed E-state index contributed by atoms with van der Waals surface area (Å²) in [6, 6.07) is 13.3. The van der Waals surface area contributed by atoms with E-state index in [0.29, 0.717) is 22.7 Å². The number of fused-ring (bicyclic) bond motifs is 1. The minimum atomic E-state index is -0.831. The number of nitriles is 1. The monoisotopic (exact) mass is 350 g/mol. The van der Waals surface area contributed by atoms with E-state index in [-0.39, 0.29) is 24.0 Å². The number of rotatable bonds is 4. The maximum absolute atomic E-state index is 12.3. The number of amides is 1. The first kappa shape index (κ1) is 17.0. The first-order valence-electron chi connectivity index (χ1n) is 7.67. The highest BCUT2D eigenvalue weighted by atomic mass is 16.7. The summed E-state index contributed by atoms with van der Waals surface area (Å²) in [6.45, 7) is 1.48. The second-order valence-corrected chi connectivity index (χ2v) is 5.35. The molecule has 26 heavy (non-hydrogen) atoms. The summed E-state index contributed by atoms with van der Waals surface area (Å²) >= 11 is 0. The molecule has 130 valence electrons. The second-order valence-electron chi connectivity index (χ2n) is 5.35. The van der Waals surface area contributed by atoms with E-state index in [1.807, 2.05) is 6.07 Å². The van der Waals surface area contributed by atoms with Gasteiger partial charge in [0.1, 0.15) is 11.6 Å². The van der Waals surface area contributed by atoms with Gasteiger partial charge in [0.2, 0.25) is 12.7 Å². The maximum Gasteiger partial charge on any atom is 0.354 e. The lowest BCUT2D eigenvalue weighted by atomic mass is 10.1. The molecule has 7 nitrogen and oxygen atoms in total. The molecule has 0 aromatic heterocycles. The van der Waals surface area contributed by atoms with Crippen LogP contribution in [0.1, 0.15) is 12.5 Å². The van der Waals surface area contributed by atoms with E-state index in [0.717, 1.165) is 0 Å². The highest BCUT2D eigenvalue weighted by molar-refractivity contribution is 6.00. The Kier molecular flexibility index (Phi) is 4.85. The summed E-state index contributed by atoms with van der Waals surface area (Å²) in [4.78, 5) is 23.6. The van der Waals surface area contributed by atoms with Crippen molar-refractivity contribution in [3.05, 3.63) is 53.6 Å². The molecule has 1 N–H and O–H groups in total. The minimum absolute atomic E-state index is 0.135. The molecular weight excluding hydrogens is 336 g/mol. The predicted octanol–water partition coefficient (Wildman–Crippen LogP) is 2.89. The number of anilines is 1. The van der Waals surface area contributed by atoms with Gasteiger partial charge < -0.3 is 19.5 Å². The molecule has 0 saturated carbocycles. The first-order valence-corrected chi connectivity index (χ1v) is 7.67. The Hall–Kier alpha value is -3.79. The van der Waals surface area contributed by atoms with Gasteiger partial charge in [0.05, 0.1) is 5.69 Å². The Morgan fingerprint density at radius 1 is 1.19 bits per heavy atom. The number of para-hydroxylation sites is 2. The fraction of sp³-hybridized carbons (Fsp3) is 0.105. The molecule has 3 rings (SSSR count). The molecule has 0 bridgehead atoms. The molecule has 7 heteroatoms. The van der Waals surface area contributed by atoms with Gasteiger partial charge in [-0.15, -0.1) is 0 Å². The van der Waals surface area contributed by atoms with Crippen LogP contribution in [0.15, 0.2) is 48.0 Å². The van der Waals surface area contributed by atoms with E-state index in [9.17, 15) is 14.9 Å². The van der Waals surface area contributed by atoms with Crippen molar-refractivity contribution in [2.45, 2.75) is 6.92 Å². The lowest BCUT2D eigenvalue weighted by Gasteiger charge is -2.09. The molecule has 1 aliphatic rings. The summed E-state index contributed by atoms with van der Waals surface area (Å²) in [5.74, 6) is 0.167. The topological polar surface area (TPSA) is 97.7 Å². The molecule has 0 saturated heterocycles. The number of nitrogens with zero attached hydrogens (tertiary/aromatic N) is 1. The van der Waals surface area contributed by atoms with Gasteiger partial charge in [-0.3, -0.25) is 4.79 Å². The smallest absolute Gasteiger partial charge is 0.354 e. The van der Waals surface area contributed by atoms with Gasteiger partial charge in [-0.05, 0) is 35.9 Å². The molecule has 1 heterocycles. The van der Waals surface area contributed by atoms with Gasteiger partial charge in [-0.2, -0.15) is 5.26 Å². The van der Waals surface area contributed by atoms with Crippen molar-refractivity contribution in [1.82, 2.24) is 0 Å². The molecule has 0 aliphatic carbocycles. The van der Waals surface area contributed by atoms with Crippen LogP contribution in [-0.4, -0.2) is 18.7 Å². The zero-order valence-electron chi connectivity index (χ0n) is 13.8. The van der Waals surface area contributed by atoms with Crippen LogP contribution in [0.5, 0.6) is 17.2 Å². The third-order valence-corrected chi connectivity index (χ3v) is 3.45. The van der Waals surface area contributed by atoms with E-state index in [1.54, 1.807) is 36.4 Å². The Morgan fingerprint density at radius 2 is 1.96 bits per heavy atom. The predicted molar refractivity (Wildman–Crippen MR) is 92.5 cm³/mol. The molecule has 0 fully saturated rings. The molecular formula is C19H14N2O5. The number of carbonyl (C=O) groups is 2. The van der Waals surface area contributed by atoms with Gasteiger partial charge in [0.25, 0.3) is 0 Å². The summed E-state index contributed by atoms with van der Waals surface area (Å²) in [5.41, 5.74) is 0.744. The average molecular weight is 350 g/mol. The number of carbonyl (C=O) groups excluding carboxylic acids is 2. The molecule has 0 spiro atoms. The maximum atomic E-state index is 12.3. The van der Waals surface area contributed by atoms with E-state index in [4.69, 9.17) is 14.2 Å². The number of esters is 1. The summed E-state index contributed by atoms with van der Waals surface area (Å²) in [6.07, 6.45) is 1.39. The van der Waals surface area contributed by atoms with Crippen LogP contribution in [0.25, 0.3) is 6.08 Å². The summed E-state index contributed by atoms with van der Waals surface area (Å²) in [7, 11) is 0. The van der Waals surface area contributed by atoms with E-state index < -0.39 is 5.97 Å². The largest absolute Gasteiger partial charge is 0.454 e. The lowest BCUT2D eigenvalue weighted by Crippen LogP contribution is -2.13. The van der Waals surface area contributed by atoms with Crippen LogP contribution in [0, 0.1) is 11.3 Å². The van der Waals surface area contributed by atoms with Crippen LogP contribution in [0.3, 0.4) is 0 Å². The molecule has 0 unspecified atom stereocenters. The van der Waals surface area contributed by atoms with E-state index in [1.165, 1.54) is 19.1 Å². The van der Waals surface area contributed by atoms with Gasteiger partial charge >= 0.3 is 5.97 Å². The van der Waals surface area contributed by atoms with Crippen molar-refractivity contribution < 1.29 is 23.8 Å². The highest BCUT2D eigenvalue weighted by Gasteiger charge is 2.17. The van der Waals surface area contributed by atoms with Gasteiger partial charge in [-0.1, -0.05) is 18.2 Å². The zero-order chi connectivity index (χ0) is 18.5. The highest BCUT2D eigenvalue weighted by Crippen LogP contribution is 2.33. The van der Waals surface area contributed by atoms with Crippen molar-refractivity contribution in [3.63, 3.8) is 0 Å². The lowest BCUT2D eigenvalue weighted by molar-refractivity contribution is -0.129. The number of nitrogens with one attached hydrogen (secondary N) is 1. The van der Waals surface area contributed by atoms with Crippen LogP contribution in [0.4, 0.5) is 5.69 Å². The number of hydrogen-bond donors (Lipinski definition) is 1. The Bertz CT molecular complexity index is 943. The Morgan fingerprint density at radius 3 is 2.73 bits per heavy atom. The van der Waals surface area contributed by atoms with Crippen molar-refractivity contribution in [1.29, 1.82) is 5.26 Å². The van der Waals surface area contributed by atoms with Crippen molar-refractivity contribution in [2.24, 2.45) is 0 Å². The van der Waals surface area contributed by atoms with Crippen molar-refractivity contribution in [2.75, 3.05) is 12.1 Å². The summed E-state index contributed by atoms with van der Waals surface area (Å²) < 4.78 is 15.8. The van der Waals surface area contributed by atoms with E-state index >= 15 is 0 Å². The van der Waals surface area contributed by atoms with Crippen molar-refractivity contribution in [3.8, 4) is 23.3 Å². The molecule has 1 amide bonds. The van der Waals surface area contributed by atoms with Crippen LogP contribution >= 0.6 is 0 Å². The minimum Gasteiger partial charge on any atom is -0.454 e. The molecule has 2 aromatic carbocycles. The average Bonchev–Trinajstić information content (AvgIpc) is 3.08. The second kappa shape index (κ2) is 7.40. The summed E-state index contributed by atoms with van der Waals surface area (Å²) in [5, 5.41) is 11.9. The molecule has 0 atom stereocenters. The number of hydrogen-bond acceptors (Lipinski definition) is 6. The third kappa shape index (κ3) is 3.82. The standard InChI is InChI=1S/C19H14N2O5/c1-12(22)21-15-4-2-3-5-16(15)26-19(23)14(10-20)8-13-6-7-17-18(9-13)25-11-24-17/h2-9H,11H2,1H3,(H,21,22). The Labute approximate surface area is 149 Å². The zero-order valence-corrected chi connectivity index (χ0v) is 13.8. The van der Waals surface area contributed by atoms with Gasteiger partial charge in [-0.25, -0.2) is 4.79 Å². The van der Waals surface area contributed by atoms with Gasteiger partial charge in [0, 0.05) is 6.92 Å². The van der Waals surface area contributed by atoms with Gasteiger partial charge in [0.15, 0.2) is 17.2 Å². The van der Waals surface area contributed by atoms with E-state index in [2.05, 4.69) is 5.32 Å². The van der Waals surface area contributed by atoms with Crippen molar-refractivity contribution >= 4 is 23.6 Å². The molecule has 2 aromatic rings. The first-order chi connectivity index (χ1) is 12.6. The van der Waals surface area contributed by atoms with Crippen LogP contribution in [0.2, 0.25) is 0 Å². The van der Waals surface area contributed by atoms with Crippen LogP contribution < -0.4 is 19.5 Å².